The van der Waals surface area contributed by atoms with Crippen LogP contribution in [0.25, 0.3) is 0 Å². The van der Waals surface area contributed by atoms with E-state index in [-0.39, 0.29) is 12.1 Å². The van der Waals surface area contributed by atoms with Crippen molar-refractivity contribution < 1.29 is 85.8 Å². The zero-order valence-corrected chi connectivity index (χ0v) is 23.7. The topological polar surface area (TPSA) is 289 Å². The average Bonchev–Trinajstić information content (AvgIpc) is 3.12. The Hall–Kier alpha value is -1.08. The van der Waals surface area contributed by atoms with Gasteiger partial charge in [0.25, 0.3) is 0 Å². The van der Waals surface area contributed by atoms with Crippen molar-refractivity contribution in [3.05, 3.63) is 23.9 Å². The summed E-state index contributed by atoms with van der Waals surface area (Å²) in [7, 11) is -15.5. The van der Waals surface area contributed by atoms with E-state index >= 15 is 0 Å². The fraction of sp³-hybridized carbons (Fsp3) is 0.722. The predicted molar refractivity (Wildman–Crippen MR) is 129 cm³/mol. The second-order valence-electron chi connectivity index (χ2n) is 8.59. The summed E-state index contributed by atoms with van der Waals surface area (Å²) in [6, 6.07) is 0. The number of aliphatic carboxylic acids is 1. The molecule has 1 fully saturated rings. The summed E-state index contributed by atoms with van der Waals surface area (Å²) in [5, 5.41) is 39.0. The Morgan fingerprint density at radius 1 is 1.07 bits per heavy atom. The standard InChI is InChI=1S/C18H32NO18P3/c1-10(11(2)36-38(25,26)27)34-13(7-20)8-32-39(28,29)37-40(30,31)33-9-14-15(21)16(22)17(35-14)19-5-3-4-12(6-19)18(23)24/h3-4,6,10-11,13-17,20-22H,5,7-9H2,1-2H3,(H,23,24)(H,28,29)(H,30,31)(H2,25,26,27)/t10-,11+,13-,14?,15+,16+,17?/m0/s1. The maximum absolute atomic E-state index is 12.2. The van der Waals surface area contributed by atoms with Crippen LogP contribution in [0.1, 0.15) is 13.8 Å². The molecule has 0 radical (unpaired) electrons. The number of phosphoric acid groups is 3. The van der Waals surface area contributed by atoms with Gasteiger partial charge < -0.3 is 54.4 Å². The molecule has 0 aromatic heterocycles. The summed E-state index contributed by atoms with van der Waals surface area (Å²) >= 11 is 0. The predicted octanol–water partition coefficient (Wildman–Crippen LogP) is -1.21. The maximum Gasteiger partial charge on any atom is 0.481 e. The summed E-state index contributed by atoms with van der Waals surface area (Å²) in [5.41, 5.74) is -0.129. The smallest absolute Gasteiger partial charge is 0.478 e. The van der Waals surface area contributed by atoms with Crippen molar-refractivity contribution in [2.45, 2.75) is 56.7 Å². The van der Waals surface area contributed by atoms with Crippen molar-refractivity contribution in [1.29, 1.82) is 0 Å². The molecule has 2 heterocycles. The Bertz CT molecular complexity index is 1080. The highest BCUT2D eigenvalue weighted by Gasteiger charge is 2.47. The van der Waals surface area contributed by atoms with Gasteiger partial charge in [0.05, 0.1) is 37.6 Å². The first-order valence-corrected chi connectivity index (χ1v) is 15.9. The SMILES string of the molecule is C[C@H](O[C@@H](CO)COP(=O)(O)OP(=O)(O)OCC1OC(N2C=C(C(=O)O)C=CC2)[C@H](O)[C@@H]1O)[C@@H](C)OP(=O)(O)O. The maximum atomic E-state index is 12.2. The third kappa shape index (κ3) is 11.0. The lowest BCUT2D eigenvalue weighted by Gasteiger charge is -2.30. The van der Waals surface area contributed by atoms with E-state index in [1.807, 2.05) is 0 Å². The van der Waals surface area contributed by atoms with E-state index in [4.69, 9.17) is 24.4 Å². The molecular weight excluding hydrogens is 611 g/mol. The lowest BCUT2D eigenvalue weighted by atomic mass is 10.1. The fourth-order valence-corrected chi connectivity index (χ4v) is 6.11. The van der Waals surface area contributed by atoms with Gasteiger partial charge in [-0.1, -0.05) is 6.08 Å². The van der Waals surface area contributed by atoms with Crippen LogP contribution in [0.2, 0.25) is 0 Å². The molecule has 2 aliphatic heterocycles. The summed E-state index contributed by atoms with van der Waals surface area (Å²) in [4.78, 5) is 49.8. The number of phosphoric ester groups is 3. The molecule has 0 saturated carbocycles. The Morgan fingerprint density at radius 2 is 1.70 bits per heavy atom. The minimum Gasteiger partial charge on any atom is -0.478 e. The second kappa shape index (κ2) is 14.4. The Kier molecular flexibility index (Phi) is 12.6. The number of carbonyl (C=O) groups is 1. The first-order chi connectivity index (χ1) is 18.3. The fourth-order valence-electron chi connectivity index (χ4n) is 3.39. The molecule has 0 amide bonds. The molecule has 8 N–H and O–H groups in total. The van der Waals surface area contributed by atoms with Gasteiger partial charge in [0.15, 0.2) is 6.23 Å². The van der Waals surface area contributed by atoms with Crippen molar-refractivity contribution in [2.75, 3.05) is 26.4 Å². The van der Waals surface area contributed by atoms with Crippen LogP contribution < -0.4 is 0 Å². The minimum atomic E-state index is -5.36. The van der Waals surface area contributed by atoms with Crippen molar-refractivity contribution >= 4 is 29.4 Å². The molecule has 4 unspecified atom stereocenters. The largest absolute Gasteiger partial charge is 0.481 e. The van der Waals surface area contributed by atoms with Gasteiger partial charge in [0.2, 0.25) is 0 Å². The van der Waals surface area contributed by atoms with Gasteiger partial charge in [-0.05, 0) is 19.9 Å². The number of ether oxygens (including phenoxy) is 2. The minimum absolute atomic E-state index is 0.110. The monoisotopic (exact) mass is 643 g/mol. The van der Waals surface area contributed by atoms with Crippen LogP contribution in [-0.2, 0) is 45.8 Å². The molecule has 0 aromatic rings. The van der Waals surface area contributed by atoms with Crippen LogP contribution in [0.15, 0.2) is 23.9 Å². The van der Waals surface area contributed by atoms with E-state index in [9.17, 15) is 43.6 Å². The number of hydrogen-bond acceptors (Lipinski definition) is 14. The second-order valence-corrected chi connectivity index (χ2v) is 12.8. The van der Waals surface area contributed by atoms with Gasteiger partial charge in [-0.25, -0.2) is 18.5 Å². The molecule has 2 aliphatic rings. The van der Waals surface area contributed by atoms with Crippen molar-refractivity contribution in [1.82, 2.24) is 4.90 Å². The molecule has 0 aromatic carbocycles. The van der Waals surface area contributed by atoms with Crippen molar-refractivity contribution in [2.24, 2.45) is 0 Å². The van der Waals surface area contributed by atoms with Crippen molar-refractivity contribution in [3.8, 4) is 0 Å². The third-order valence-electron chi connectivity index (χ3n) is 5.44. The van der Waals surface area contributed by atoms with Gasteiger partial charge in [-0.2, -0.15) is 4.31 Å². The van der Waals surface area contributed by atoms with Crippen LogP contribution >= 0.6 is 23.5 Å². The van der Waals surface area contributed by atoms with E-state index in [0.29, 0.717) is 0 Å². The van der Waals surface area contributed by atoms with E-state index < -0.39 is 92.1 Å². The van der Waals surface area contributed by atoms with Gasteiger partial charge >= 0.3 is 29.4 Å². The molecule has 9 atom stereocenters. The van der Waals surface area contributed by atoms with Gasteiger partial charge in [-0.15, -0.1) is 0 Å². The lowest BCUT2D eigenvalue weighted by molar-refractivity contribution is -0.132. The molecule has 0 spiro atoms. The van der Waals surface area contributed by atoms with Crippen molar-refractivity contribution in [3.63, 3.8) is 0 Å². The number of hydrogen-bond donors (Lipinski definition) is 8. The highest BCUT2D eigenvalue weighted by Crippen LogP contribution is 2.60. The zero-order valence-electron chi connectivity index (χ0n) is 21.1. The number of aliphatic hydroxyl groups excluding tert-OH is 3. The first-order valence-electron chi connectivity index (χ1n) is 11.4. The molecule has 1 saturated heterocycles. The van der Waals surface area contributed by atoms with Gasteiger partial charge in [0, 0.05) is 12.7 Å². The van der Waals surface area contributed by atoms with Crippen LogP contribution in [0, 0.1) is 0 Å². The number of rotatable bonds is 16. The van der Waals surface area contributed by atoms with E-state index in [1.165, 1.54) is 37.1 Å². The highest BCUT2D eigenvalue weighted by molar-refractivity contribution is 7.61. The normalized spacial score (nSPS) is 28.8. The summed E-state index contributed by atoms with van der Waals surface area (Å²) in [5.74, 6) is -1.25. The van der Waals surface area contributed by atoms with Crippen LogP contribution in [0.5, 0.6) is 0 Å². The number of aliphatic hydroxyl groups is 3. The Labute approximate surface area is 227 Å². The van der Waals surface area contributed by atoms with Crippen LogP contribution in [0.4, 0.5) is 0 Å². The average molecular weight is 643 g/mol. The molecule has 2 rings (SSSR count). The summed E-state index contributed by atoms with van der Waals surface area (Å²) in [6.07, 6.45) is -5.60. The van der Waals surface area contributed by atoms with Gasteiger partial charge in [-0.3, -0.25) is 13.6 Å². The highest BCUT2D eigenvalue weighted by atomic mass is 31.3. The molecule has 22 heteroatoms. The quantitative estimate of drug-likeness (QED) is 0.0915. The summed E-state index contributed by atoms with van der Waals surface area (Å²) < 4.78 is 63.7. The molecular formula is C18H32NO18P3. The molecule has 19 nitrogen and oxygen atoms in total. The lowest BCUT2D eigenvalue weighted by Crippen LogP contribution is -2.42. The Balaban J connectivity index is 1.89. The molecule has 40 heavy (non-hydrogen) atoms. The molecule has 232 valence electrons. The number of carboxylic acids is 1. The van der Waals surface area contributed by atoms with Gasteiger partial charge in [0.1, 0.15) is 24.4 Å². The zero-order chi connectivity index (χ0) is 30.5. The van der Waals surface area contributed by atoms with E-state index in [2.05, 4.69) is 17.9 Å². The van der Waals surface area contributed by atoms with Crippen LogP contribution in [0.3, 0.4) is 0 Å². The number of carboxylic acid groups (broad SMARTS) is 1. The third-order valence-corrected chi connectivity index (χ3v) is 8.65. The first kappa shape index (κ1) is 35.1. The van der Waals surface area contributed by atoms with E-state index in [1.54, 1.807) is 0 Å². The van der Waals surface area contributed by atoms with Crippen LogP contribution in [-0.4, -0.2) is 120 Å². The molecule has 0 aliphatic carbocycles. The van der Waals surface area contributed by atoms with E-state index in [0.717, 1.165) is 0 Å². The summed E-state index contributed by atoms with van der Waals surface area (Å²) in [6.45, 7) is 0.0656. The Morgan fingerprint density at radius 3 is 2.27 bits per heavy atom. The number of nitrogens with zero attached hydrogens (tertiary/aromatic N) is 1. The molecule has 0 bridgehead atoms.